The van der Waals surface area contributed by atoms with E-state index in [-0.39, 0.29) is 17.0 Å². The molecule has 0 heterocycles. The van der Waals surface area contributed by atoms with Gasteiger partial charge < -0.3 is 10.8 Å². The van der Waals surface area contributed by atoms with Crippen molar-refractivity contribution in [1.29, 1.82) is 0 Å². The van der Waals surface area contributed by atoms with Crippen molar-refractivity contribution in [2.75, 3.05) is 6.54 Å². The van der Waals surface area contributed by atoms with Crippen LogP contribution in [0.1, 0.15) is 5.56 Å². The molecule has 0 spiro atoms. The molecule has 4 nitrogen and oxygen atoms in total. The van der Waals surface area contributed by atoms with Gasteiger partial charge >= 0.3 is 0 Å². The van der Waals surface area contributed by atoms with Gasteiger partial charge in [-0.15, -0.1) is 0 Å². The summed E-state index contributed by atoms with van der Waals surface area (Å²) in [4.78, 5) is -0.0955. The van der Waals surface area contributed by atoms with E-state index < -0.39 is 21.1 Å². The zero-order valence-electron chi connectivity index (χ0n) is 8.14. The largest absolute Gasteiger partial charge is 0.376 e. The third-order valence-electron chi connectivity index (χ3n) is 2.00. The second kappa shape index (κ2) is 4.26. The summed E-state index contributed by atoms with van der Waals surface area (Å²) in [6.07, 6.45) is 0. The smallest absolute Gasteiger partial charge is 0.206 e. The van der Waals surface area contributed by atoms with Crippen molar-refractivity contribution in [3.63, 3.8) is 0 Å². The molecule has 1 rings (SSSR count). The molecule has 15 heavy (non-hydrogen) atoms. The van der Waals surface area contributed by atoms with E-state index in [2.05, 4.69) is 0 Å². The number of halogens is 1. The van der Waals surface area contributed by atoms with Gasteiger partial charge in [-0.2, -0.15) is 0 Å². The normalized spacial score (nSPS) is 13.9. The predicted molar refractivity (Wildman–Crippen MR) is 53.4 cm³/mol. The molecule has 0 radical (unpaired) electrons. The quantitative estimate of drug-likeness (QED) is 0.730. The highest BCUT2D eigenvalue weighted by Crippen LogP contribution is 2.19. The number of rotatable bonds is 3. The van der Waals surface area contributed by atoms with E-state index in [4.69, 9.17) is 5.73 Å². The van der Waals surface area contributed by atoms with Crippen LogP contribution in [-0.2, 0) is 9.84 Å². The summed E-state index contributed by atoms with van der Waals surface area (Å²) < 4.78 is 36.0. The maximum atomic E-state index is 12.7. The average molecular weight is 233 g/mol. The third kappa shape index (κ3) is 2.34. The van der Waals surface area contributed by atoms with Crippen LogP contribution >= 0.6 is 0 Å². The Labute approximate surface area is 87.5 Å². The van der Waals surface area contributed by atoms with Gasteiger partial charge in [-0.3, -0.25) is 0 Å². The molecule has 84 valence electrons. The Morgan fingerprint density at radius 1 is 1.53 bits per heavy atom. The Bertz CT molecular complexity index is 458. The SMILES string of the molecule is Cc1cc(F)ccc1S(=O)(=O)C(O)CN. The fraction of sp³-hybridized carbons (Fsp3) is 0.333. The minimum Gasteiger partial charge on any atom is -0.376 e. The van der Waals surface area contributed by atoms with Gasteiger partial charge in [0.25, 0.3) is 0 Å². The second-order valence-electron chi connectivity index (χ2n) is 3.15. The molecule has 0 aromatic heterocycles. The zero-order chi connectivity index (χ0) is 11.6. The van der Waals surface area contributed by atoms with Crippen molar-refractivity contribution in [3.8, 4) is 0 Å². The minimum absolute atomic E-state index is 0.0955. The van der Waals surface area contributed by atoms with E-state index >= 15 is 0 Å². The lowest BCUT2D eigenvalue weighted by atomic mass is 10.2. The van der Waals surface area contributed by atoms with Gasteiger partial charge in [-0.25, -0.2) is 12.8 Å². The maximum Gasteiger partial charge on any atom is 0.206 e. The first-order valence-corrected chi connectivity index (χ1v) is 5.82. The molecule has 0 saturated heterocycles. The number of hydrogen-bond acceptors (Lipinski definition) is 4. The molecule has 0 bridgehead atoms. The summed E-state index contributed by atoms with van der Waals surface area (Å²) in [7, 11) is -3.87. The van der Waals surface area contributed by atoms with Gasteiger partial charge in [-0.1, -0.05) is 0 Å². The number of aryl methyl sites for hydroxylation is 1. The Hall–Kier alpha value is -0.980. The van der Waals surface area contributed by atoms with E-state index in [0.717, 1.165) is 18.2 Å². The summed E-state index contributed by atoms with van der Waals surface area (Å²) in [6, 6.07) is 3.25. The third-order valence-corrected chi connectivity index (χ3v) is 3.98. The van der Waals surface area contributed by atoms with Crippen molar-refractivity contribution in [2.45, 2.75) is 17.3 Å². The van der Waals surface area contributed by atoms with Gasteiger partial charge in [0.15, 0.2) is 5.44 Å². The van der Waals surface area contributed by atoms with Gasteiger partial charge in [0.05, 0.1) is 4.90 Å². The lowest BCUT2D eigenvalue weighted by molar-refractivity contribution is 0.256. The molecule has 0 aliphatic carbocycles. The molecule has 0 fully saturated rings. The van der Waals surface area contributed by atoms with E-state index in [1.165, 1.54) is 6.92 Å². The van der Waals surface area contributed by atoms with Crippen molar-refractivity contribution in [3.05, 3.63) is 29.6 Å². The molecule has 1 aromatic rings. The zero-order valence-corrected chi connectivity index (χ0v) is 8.96. The van der Waals surface area contributed by atoms with Gasteiger partial charge in [-0.05, 0) is 30.7 Å². The first-order valence-electron chi connectivity index (χ1n) is 4.27. The lowest BCUT2D eigenvalue weighted by Gasteiger charge is -2.11. The topological polar surface area (TPSA) is 80.4 Å². The first kappa shape index (κ1) is 12.1. The van der Waals surface area contributed by atoms with Crippen molar-refractivity contribution < 1.29 is 17.9 Å². The van der Waals surface area contributed by atoms with Crippen LogP contribution in [0.5, 0.6) is 0 Å². The van der Waals surface area contributed by atoms with Crippen LogP contribution in [0, 0.1) is 12.7 Å². The average Bonchev–Trinajstić information content (AvgIpc) is 2.15. The van der Waals surface area contributed by atoms with E-state index in [9.17, 15) is 17.9 Å². The molecule has 0 aliphatic heterocycles. The highest BCUT2D eigenvalue weighted by Gasteiger charge is 2.25. The summed E-state index contributed by atoms with van der Waals surface area (Å²) in [5, 5.41) is 9.23. The first-order chi connectivity index (χ1) is 6.89. The number of nitrogens with two attached hydrogens (primary N) is 1. The minimum atomic E-state index is -3.87. The number of benzene rings is 1. The van der Waals surface area contributed by atoms with Crippen LogP contribution in [-0.4, -0.2) is 25.5 Å². The molecule has 0 aliphatic rings. The predicted octanol–water partition coefficient (Wildman–Crippen LogP) is 0.185. The van der Waals surface area contributed by atoms with E-state index in [1.54, 1.807) is 0 Å². The van der Waals surface area contributed by atoms with Crippen molar-refractivity contribution in [1.82, 2.24) is 0 Å². The van der Waals surface area contributed by atoms with Crippen LogP contribution < -0.4 is 5.73 Å². The Balaban J connectivity index is 3.28. The Morgan fingerprint density at radius 2 is 2.13 bits per heavy atom. The second-order valence-corrected chi connectivity index (χ2v) is 5.22. The van der Waals surface area contributed by atoms with Crippen LogP contribution in [0.15, 0.2) is 23.1 Å². The molecule has 1 aromatic carbocycles. The Morgan fingerprint density at radius 3 is 2.60 bits per heavy atom. The highest BCUT2D eigenvalue weighted by atomic mass is 32.2. The molecular weight excluding hydrogens is 221 g/mol. The monoisotopic (exact) mass is 233 g/mol. The summed E-state index contributed by atoms with van der Waals surface area (Å²) >= 11 is 0. The van der Waals surface area contributed by atoms with Crippen molar-refractivity contribution >= 4 is 9.84 Å². The number of hydrogen-bond donors (Lipinski definition) is 2. The highest BCUT2D eigenvalue weighted by molar-refractivity contribution is 7.92. The molecule has 6 heteroatoms. The van der Waals surface area contributed by atoms with Crippen LogP contribution in [0.2, 0.25) is 0 Å². The fourth-order valence-corrected chi connectivity index (χ4v) is 2.52. The fourth-order valence-electron chi connectivity index (χ4n) is 1.21. The standard InChI is InChI=1S/C9H12FNO3S/c1-6-4-7(10)2-3-8(6)15(13,14)9(12)5-11/h2-4,9,12H,5,11H2,1H3. The van der Waals surface area contributed by atoms with E-state index in [0.29, 0.717) is 0 Å². The number of sulfone groups is 1. The lowest BCUT2D eigenvalue weighted by Crippen LogP contribution is -2.29. The molecule has 3 N–H and O–H groups in total. The van der Waals surface area contributed by atoms with Gasteiger partial charge in [0.1, 0.15) is 5.82 Å². The number of aliphatic hydroxyl groups excluding tert-OH is 1. The Kier molecular flexibility index (Phi) is 3.43. The van der Waals surface area contributed by atoms with Gasteiger partial charge in [0.2, 0.25) is 9.84 Å². The van der Waals surface area contributed by atoms with Crippen LogP contribution in [0.25, 0.3) is 0 Å². The summed E-state index contributed by atoms with van der Waals surface area (Å²) in [6.45, 7) is 1.07. The molecule has 1 atom stereocenters. The molecule has 1 unspecified atom stereocenters. The van der Waals surface area contributed by atoms with Crippen LogP contribution in [0.4, 0.5) is 4.39 Å². The maximum absolute atomic E-state index is 12.7. The summed E-state index contributed by atoms with van der Waals surface area (Å²) in [5.74, 6) is -0.520. The van der Waals surface area contributed by atoms with Gasteiger partial charge in [0, 0.05) is 6.54 Å². The molecular formula is C9H12FNO3S. The van der Waals surface area contributed by atoms with Crippen molar-refractivity contribution in [2.24, 2.45) is 5.73 Å². The summed E-state index contributed by atoms with van der Waals surface area (Å²) in [5.41, 5.74) is 3.67. The van der Waals surface area contributed by atoms with Crippen LogP contribution in [0.3, 0.4) is 0 Å². The number of aliphatic hydroxyl groups is 1. The van der Waals surface area contributed by atoms with E-state index in [1.807, 2.05) is 0 Å². The molecule has 0 saturated carbocycles. The molecule has 0 amide bonds.